The number of hydrogen-bond acceptors (Lipinski definition) is 2. The van der Waals surface area contributed by atoms with Crippen LogP contribution in [0.2, 0.25) is 0 Å². The van der Waals surface area contributed by atoms with Gasteiger partial charge in [0.25, 0.3) is 0 Å². The van der Waals surface area contributed by atoms with Crippen molar-refractivity contribution in [3.05, 3.63) is 21.4 Å². The Hall–Kier alpha value is -0.610. The Bertz CT molecular complexity index is 344. The highest BCUT2D eigenvalue weighted by Crippen LogP contribution is 2.25. The van der Waals surface area contributed by atoms with E-state index in [1.165, 1.54) is 15.3 Å². The van der Waals surface area contributed by atoms with Gasteiger partial charge in [-0.3, -0.25) is 0 Å². The summed E-state index contributed by atoms with van der Waals surface area (Å²) in [4.78, 5) is 2.72. The summed E-state index contributed by atoms with van der Waals surface area (Å²) in [6.45, 7) is 9.33. The van der Waals surface area contributed by atoms with Crippen molar-refractivity contribution >= 4 is 28.7 Å². The third-order valence-corrected chi connectivity index (χ3v) is 3.47. The normalized spacial score (nSPS) is 12.3. The Balaban J connectivity index is 2.64. The number of hydrogen-bond donors (Lipinski definition) is 2. The topological polar surface area (TPSA) is 24.1 Å². The molecule has 0 fully saturated rings. The molecule has 0 spiro atoms. The zero-order valence-corrected chi connectivity index (χ0v) is 11.3. The zero-order valence-electron chi connectivity index (χ0n) is 9.68. The van der Waals surface area contributed by atoms with Crippen molar-refractivity contribution in [3.8, 4) is 0 Å². The lowest BCUT2D eigenvalue weighted by Gasteiger charge is -2.16. The minimum atomic E-state index is 0.279. The first-order valence-corrected chi connectivity index (χ1v) is 6.38. The molecule has 2 nitrogen and oxygen atoms in total. The maximum absolute atomic E-state index is 5.16. The molecule has 0 aliphatic carbocycles. The van der Waals surface area contributed by atoms with Gasteiger partial charge in [-0.2, -0.15) is 0 Å². The molecule has 1 aromatic heterocycles. The first kappa shape index (κ1) is 12.5. The van der Waals surface area contributed by atoms with Crippen LogP contribution >= 0.6 is 23.6 Å². The molecular weight excluding hydrogens is 224 g/mol. The largest absolute Gasteiger partial charge is 0.363 e. The van der Waals surface area contributed by atoms with Crippen molar-refractivity contribution in [2.45, 2.75) is 33.7 Å². The highest BCUT2D eigenvalue weighted by Gasteiger charge is 2.11. The average Bonchev–Trinajstić information content (AvgIpc) is 2.45. The number of aryl methyl sites for hydroxylation is 2. The van der Waals surface area contributed by atoms with Crippen LogP contribution in [-0.2, 0) is 0 Å². The van der Waals surface area contributed by atoms with Crippen LogP contribution in [0, 0.1) is 13.8 Å². The fraction of sp³-hybridized carbons (Fsp3) is 0.545. The summed E-state index contributed by atoms with van der Waals surface area (Å²) in [5, 5.41) is 7.10. The molecule has 1 rings (SSSR count). The van der Waals surface area contributed by atoms with E-state index in [0.29, 0.717) is 0 Å². The van der Waals surface area contributed by atoms with Crippen LogP contribution in [0.15, 0.2) is 6.07 Å². The van der Waals surface area contributed by atoms with Gasteiger partial charge in [-0.1, -0.05) is 0 Å². The number of nitrogens with one attached hydrogen (secondary N) is 2. The fourth-order valence-electron chi connectivity index (χ4n) is 1.57. The van der Waals surface area contributed by atoms with Gasteiger partial charge in [0.05, 0.1) is 6.04 Å². The monoisotopic (exact) mass is 242 g/mol. The molecule has 4 heteroatoms. The molecule has 0 aliphatic rings. The number of thiophene rings is 1. The summed E-state index contributed by atoms with van der Waals surface area (Å²) < 4.78 is 0. The van der Waals surface area contributed by atoms with Crippen LogP contribution in [0.25, 0.3) is 0 Å². The SMILES string of the molecule is CCNC(=S)NC(C)c1cc(C)sc1C. The quantitative estimate of drug-likeness (QED) is 0.797. The van der Waals surface area contributed by atoms with E-state index in [1.807, 2.05) is 18.3 Å². The van der Waals surface area contributed by atoms with Crippen molar-refractivity contribution in [1.29, 1.82) is 0 Å². The van der Waals surface area contributed by atoms with Crippen molar-refractivity contribution in [1.82, 2.24) is 10.6 Å². The molecule has 2 N–H and O–H groups in total. The van der Waals surface area contributed by atoms with Gasteiger partial charge in [0.1, 0.15) is 0 Å². The van der Waals surface area contributed by atoms with E-state index in [2.05, 4.69) is 37.5 Å². The summed E-state index contributed by atoms with van der Waals surface area (Å²) >= 11 is 6.99. The van der Waals surface area contributed by atoms with Crippen molar-refractivity contribution in [3.63, 3.8) is 0 Å². The minimum Gasteiger partial charge on any atom is -0.363 e. The van der Waals surface area contributed by atoms with Crippen molar-refractivity contribution < 1.29 is 0 Å². The Morgan fingerprint density at radius 2 is 2.20 bits per heavy atom. The molecular formula is C11H18N2S2. The van der Waals surface area contributed by atoms with E-state index in [4.69, 9.17) is 12.2 Å². The minimum absolute atomic E-state index is 0.279. The van der Waals surface area contributed by atoms with Gasteiger partial charge in [0.2, 0.25) is 0 Å². The van der Waals surface area contributed by atoms with Crippen LogP contribution in [-0.4, -0.2) is 11.7 Å². The highest BCUT2D eigenvalue weighted by atomic mass is 32.1. The van der Waals surface area contributed by atoms with Crippen molar-refractivity contribution in [2.24, 2.45) is 0 Å². The van der Waals surface area contributed by atoms with Gasteiger partial charge in [0.15, 0.2) is 5.11 Å². The molecule has 0 saturated carbocycles. The summed E-state index contributed by atoms with van der Waals surface area (Å²) in [6.07, 6.45) is 0. The summed E-state index contributed by atoms with van der Waals surface area (Å²) in [5.74, 6) is 0. The molecule has 84 valence electrons. The van der Waals surface area contributed by atoms with E-state index in [-0.39, 0.29) is 6.04 Å². The van der Waals surface area contributed by atoms with Gasteiger partial charge in [-0.15, -0.1) is 11.3 Å². The first-order chi connectivity index (χ1) is 7.04. The molecule has 0 saturated heterocycles. The van der Waals surface area contributed by atoms with Crippen LogP contribution in [0.5, 0.6) is 0 Å². The summed E-state index contributed by atoms with van der Waals surface area (Å²) in [6, 6.07) is 2.51. The van der Waals surface area contributed by atoms with E-state index in [1.54, 1.807) is 0 Å². The second-order valence-corrected chi connectivity index (χ2v) is 5.46. The van der Waals surface area contributed by atoms with E-state index >= 15 is 0 Å². The summed E-state index contributed by atoms with van der Waals surface area (Å²) in [5.41, 5.74) is 1.35. The van der Waals surface area contributed by atoms with Crippen LogP contribution in [0.3, 0.4) is 0 Å². The fourth-order valence-corrected chi connectivity index (χ4v) is 2.91. The Labute approximate surface area is 101 Å². The highest BCUT2D eigenvalue weighted by molar-refractivity contribution is 7.80. The van der Waals surface area contributed by atoms with E-state index in [0.717, 1.165) is 11.7 Å². The van der Waals surface area contributed by atoms with Crippen LogP contribution < -0.4 is 10.6 Å². The van der Waals surface area contributed by atoms with Crippen LogP contribution in [0.1, 0.15) is 35.2 Å². The zero-order chi connectivity index (χ0) is 11.4. The molecule has 0 amide bonds. The lowest BCUT2D eigenvalue weighted by Crippen LogP contribution is -2.36. The number of rotatable bonds is 3. The standard InChI is InChI=1S/C11H18N2S2/c1-5-12-11(14)13-8(3)10-6-7(2)15-9(10)4/h6,8H,5H2,1-4H3,(H2,12,13,14). The first-order valence-electron chi connectivity index (χ1n) is 5.16. The third kappa shape index (κ3) is 3.47. The van der Waals surface area contributed by atoms with Crippen LogP contribution in [0.4, 0.5) is 0 Å². The van der Waals surface area contributed by atoms with Crippen molar-refractivity contribution in [2.75, 3.05) is 6.54 Å². The second-order valence-electron chi connectivity index (χ2n) is 3.59. The van der Waals surface area contributed by atoms with Gasteiger partial charge in [-0.05, 0) is 51.5 Å². The Kier molecular flexibility index (Phi) is 4.54. The molecule has 15 heavy (non-hydrogen) atoms. The Morgan fingerprint density at radius 3 is 2.67 bits per heavy atom. The van der Waals surface area contributed by atoms with Gasteiger partial charge in [-0.25, -0.2) is 0 Å². The molecule has 1 aromatic rings. The maximum Gasteiger partial charge on any atom is 0.166 e. The van der Waals surface area contributed by atoms with Gasteiger partial charge < -0.3 is 10.6 Å². The predicted octanol–water partition coefficient (Wildman–Crippen LogP) is 2.91. The number of thiocarbonyl (C=S) groups is 1. The molecule has 1 heterocycles. The molecule has 0 aliphatic heterocycles. The third-order valence-electron chi connectivity index (χ3n) is 2.23. The molecule has 0 radical (unpaired) electrons. The molecule has 1 unspecified atom stereocenters. The second kappa shape index (κ2) is 5.47. The van der Waals surface area contributed by atoms with E-state index < -0.39 is 0 Å². The lowest BCUT2D eigenvalue weighted by atomic mass is 10.1. The van der Waals surface area contributed by atoms with E-state index in [9.17, 15) is 0 Å². The molecule has 0 bridgehead atoms. The molecule has 1 atom stereocenters. The maximum atomic E-state index is 5.16. The summed E-state index contributed by atoms with van der Waals surface area (Å²) in [7, 11) is 0. The lowest BCUT2D eigenvalue weighted by molar-refractivity contribution is 0.701. The van der Waals surface area contributed by atoms with Gasteiger partial charge in [0, 0.05) is 16.3 Å². The smallest absolute Gasteiger partial charge is 0.166 e. The molecule has 0 aromatic carbocycles. The Morgan fingerprint density at radius 1 is 1.53 bits per heavy atom. The predicted molar refractivity (Wildman–Crippen MR) is 71.6 cm³/mol. The average molecular weight is 242 g/mol. The van der Waals surface area contributed by atoms with Gasteiger partial charge >= 0.3 is 0 Å².